The SMILES string of the molecule is O=Cc1ccc(-c2cccc(-c3cc(-c4cccc(-c5cccnc5)c4)cc(-c4cccc(-c5cccnc5)c4)c3)c2)cn1. The molecular formula is C40H27N3O. The molecule has 0 saturated carbocycles. The molecule has 44 heavy (non-hydrogen) atoms. The van der Waals surface area contributed by atoms with E-state index in [0.717, 1.165) is 73.0 Å². The number of aldehydes is 1. The van der Waals surface area contributed by atoms with Gasteiger partial charge in [-0.1, -0.05) is 72.8 Å². The molecule has 0 N–H and O–H groups in total. The smallest absolute Gasteiger partial charge is 0.168 e. The summed E-state index contributed by atoms with van der Waals surface area (Å²) in [6, 6.07) is 44.2. The normalized spacial score (nSPS) is 10.8. The van der Waals surface area contributed by atoms with Gasteiger partial charge in [0.15, 0.2) is 6.29 Å². The van der Waals surface area contributed by atoms with Gasteiger partial charge in [-0.2, -0.15) is 0 Å². The minimum absolute atomic E-state index is 0.421. The number of hydrogen-bond donors (Lipinski definition) is 0. The minimum atomic E-state index is 0.421. The van der Waals surface area contributed by atoms with Crippen molar-refractivity contribution in [3.63, 3.8) is 0 Å². The Kier molecular flexibility index (Phi) is 7.38. The fraction of sp³-hybridized carbons (Fsp3) is 0. The van der Waals surface area contributed by atoms with Gasteiger partial charge in [0.05, 0.1) is 0 Å². The predicted molar refractivity (Wildman–Crippen MR) is 178 cm³/mol. The van der Waals surface area contributed by atoms with E-state index in [2.05, 4.69) is 118 Å². The van der Waals surface area contributed by atoms with Gasteiger partial charge < -0.3 is 0 Å². The second-order valence-electron chi connectivity index (χ2n) is 10.6. The summed E-state index contributed by atoms with van der Waals surface area (Å²) >= 11 is 0. The van der Waals surface area contributed by atoms with Crippen LogP contribution in [0.2, 0.25) is 0 Å². The highest BCUT2D eigenvalue weighted by Crippen LogP contribution is 2.36. The summed E-state index contributed by atoms with van der Waals surface area (Å²) in [5, 5.41) is 0. The third kappa shape index (κ3) is 5.69. The lowest BCUT2D eigenvalue weighted by Gasteiger charge is -2.14. The van der Waals surface area contributed by atoms with Crippen LogP contribution in [0.5, 0.6) is 0 Å². The second kappa shape index (κ2) is 12.1. The molecule has 7 aromatic rings. The molecular weight excluding hydrogens is 538 g/mol. The molecule has 0 spiro atoms. The molecule has 0 aliphatic rings. The van der Waals surface area contributed by atoms with Gasteiger partial charge in [-0.3, -0.25) is 19.7 Å². The standard InChI is InChI=1S/C40H27N3O/c44-27-40-15-14-36(26-43-40)30-8-3-11-33(20-30)39-22-37(31-9-1-6-28(18-31)34-12-4-16-41-24-34)21-38(23-39)32-10-2-7-29(19-32)35-13-5-17-42-25-35/h1-27H. The van der Waals surface area contributed by atoms with Crippen molar-refractivity contribution in [2.75, 3.05) is 0 Å². The van der Waals surface area contributed by atoms with Gasteiger partial charge >= 0.3 is 0 Å². The predicted octanol–water partition coefficient (Wildman–Crippen LogP) is 9.69. The molecule has 4 heteroatoms. The van der Waals surface area contributed by atoms with Crippen LogP contribution in [-0.2, 0) is 0 Å². The number of rotatable bonds is 7. The molecule has 0 atom stereocenters. The Morgan fingerprint density at radius 2 is 0.727 bits per heavy atom. The largest absolute Gasteiger partial charge is 0.296 e. The molecule has 0 fully saturated rings. The van der Waals surface area contributed by atoms with Gasteiger partial charge in [-0.15, -0.1) is 0 Å². The Hall–Kier alpha value is -6.00. The zero-order valence-corrected chi connectivity index (χ0v) is 23.8. The van der Waals surface area contributed by atoms with Crippen LogP contribution in [0.25, 0.3) is 66.8 Å². The van der Waals surface area contributed by atoms with Gasteiger partial charge in [-0.05, 0) is 105 Å². The Morgan fingerprint density at radius 1 is 0.364 bits per heavy atom. The van der Waals surface area contributed by atoms with E-state index in [4.69, 9.17) is 0 Å². The third-order valence-electron chi connectivity index (χ3n) is 7.75. The average Bonchev–Trinajstić information content (AvgIpc) is 3.12. The second-order valence-corrected chi connectivity index (χ2v) is 10.6. The topological polar surface area (TPSA) is 55.7 Å². The van der Waals surface area contributed by atoms with E-state index in [9.17, 15) is 4.79 Å². The van der Waals surface area contributed by atoms with Crippen LogP contribution in [0.3, 0.4) is 0 Å². The first-order valence-corrected chi connectivity index (χ1v) is 14.4. The van der Waals surface area contributed by atoms with Crippen molar-refractivity contribution in [2.45, 2.75) is 0 Å². The van der Waals surface area contributed by atoms with Crippen molar-refractivity contribution in [1.29, 1.82) is 0 Å². The maximum Gasteiger partial charge on any atom is 0.168 e. The van der Waals surface area contributed by atoms with Gasteiger partial charge in [0.2, 0.25) is 0 Å². The number of pyridine rings is 3. The van der Waals surface area contributed by atoms with E-state index in [-0.39, 0.29) is 0 Å². The maximum atomic E-state index is 11.1. The average molecular weight is 566 g/mol. The quantitative estimate of drug-likeness (QED) is 0.181. The Bertz CT molecular complexity index is 1970. The molecule has 0 saturated heterocycles. The molecule has 0 unspecified atom stereocenters. The molecule has 4 nitrogen and oxygen atoms in total. The summed E-state index contributed by atoms with van der Waals surface area (Å²) in [4.78, 5) is 24.0. The lowest BCUT2D eigenvalue weighted by atomic mass is 9.90. The lowest BCUT2D eigenvalue weighted by molar-refractivity contribution is 0.111. The number of carbonyl (C=O) groups is 1. The highest BCUT2D eigenvalue weighted by molar-refractivity contribution is 5.85. The van der Waals surface area contributed by atoms with Crippen LogP contribution in [-0.4, -0.2) is 21.2 Å². The summed E-state index contributed by atoms with van der Waals surface area (Å²) < 4.78 is 0. The van der Waals surface area contributed by atoms with Crippen molar-refractivity contribution in [3.8, 4) is 66.8 Å². The Balaban J connectivity index is 1.37. The van der Waals surface area contributed by atoms with E-state index >= 15 is 0 Å². The lowest BCUT2D eigenvalue weighted by Crippen LogP contribution is -1.89. The summed E-state index contributed by atoms with van der Waals surface area (Å²) in [6.07, 6.45) is 9.89. The fourth-order valence-electron chi connectivity index (χ4n) is 5.48. The number of hydrogen-bond acceptors (Lipinski definition) is 4. The van der Waals surface area contributed by atoms with E-state index < -0.39 is 0 Å². The number of benzene rings is 4. The van der Waals surface area contributed by atoms with E-state index in [1.54, 1.807) is 24.7 Å². The van der Waals surface area contributed by atoms with Crippen LogP contribution in [0, 0.1) is 0 Å². The van der Waals surface area contributed by atoms with Crippen LogP contribution < -0.4 is 0 Å². The summed E-state index contributed by atoms with van der Waals surface area (Å²) in [7, 11) is 0. The van der Waals surface area contributed by atoms with Gasteiger partial charge in [0.1, 0.15) is 5.69 Å². The van der Waals surface area contributed by atoms with Crippen LogP contribution in [0.4, 0.5) is 0 Å². The van der Waals surface area contributed by atoms with Crippen molar-refractivity contribution >= 4 is 6.29 Å². The Labute approximate surface area is 256 Å². The van der Waals surface area contributed by atoms with Crippen molar-refractivity contribution < 1.29 is 4.79 Å². The number of aromatic nitrogens is 3. The summed E-state index contributed by atoms with van der Waals surface area (Å²) in [5.41, 5.74) is 13.5. The van der Waals surface area contributed by atoms with Gasteiger partial charge in [0.25, 0.3) is 0 Å². The first kappa shape index (κ1) is 26.9. The maximum absolute atomic E-state index is 11.1. The summed E-state index contributed by atoms with van der Waals surface area (Å²) in [6.45, 7) is 0. The Morgan fingerprint density at radius 3 is 1.07 bits per heavy atom. The van der Waals surface area contributed by atoms with Crippen LogP contribution in [0.1, 0.15) is 10.5 Å². The van der Waals surface area contributed by atoms with Crippen molar-refractivity contribution in [1.82, 2.24) is 15.0 Å². The zero-order chi connectivity index (χ0) is 29.7. The highest BCUT2D eigenvalue weighted by atomic mass is 16.1. The molecule has 208 valence electrons. The number of nitrogens with zero attached hydrogens (tertiary/aromatic N) is 3. The molecule has 3 heterocycles. The first-order valence-electron chi connectivity index (χ1n) is 14.4. The molecule has 0 aliphatic carbocycles. The van der Waals surface area contributed by atoms with E-state index in [1.165, 1.54) is 0 Å². The van der Waals surface area contributed by atoms with Gasteiger partial charge in [0, 0.05) is 47.7 Å². The molecule has 0 aliphatic heterocycles. The monoisotopic (exact) mass is 565 g/mol. The van der Waals surface area contributed by atoms with Gasteiger partial charge in [-0.25, -0.2) is 0 Å². The highest BCUT2D eigenvalue weighted by Gasteiger charge is 2.11. The van der Waals surface area contributed by atoms with Crippen LogP contribution in [0.15, 0.2) is 158 Å². The molecule has 7 rings (SSSR count). The number of carbonyl (C=O) groups excluding carboxylic acids is 1. The molecule has 0 bridgehead atoms. The van der Waals surface area contributed by atoms with Crippen molar-refractivity contribution in [2.24, 2.45) is 0 Å². The van der Waals surface area contributed by atoms with E-state index in [0.29, 0.717) is 5.69 Å². The molecule has 3 aromatic heterocycles. The summed E-state index contributed by atoms with van der Waals surface area (Å²) in [5.74, 6) is 0. The zero-order valence-electron chi connectivity index (χ0n) is 23.8. The fourth-order valence-corrected chi connectivity index (χ4v) is 5.48. The van der Waals surface area contributed by atoms with E-state index in [1.807, 2.05) is 30.6 Å². The minimum Gasteiger partial charge on any atom is -0.296 e. The van der Waals surface area contributed by atoms with Crippen LogP contribution >= 0.6 is 0 Å². The van der Waals surface area contributed by atoms with Crippen molar-refractivity contribution in [3.05, 3.63) is 164 Å². The molecule has 0 radical (unpaired) electrons. The molecule has 0 amide bonds. The third-order valence-corrected chi connectivity index (χ3v) is 7.75. The first-order chi connectivity index (χ1) is 21.7. The molecule has 4 aromatic carbocycles.